The van der Waals surface area contributed by atoms with E-state index in [2.05, 4.69) is 6.07 Å². The van der Waals surface area contributed by atoms with Crippen LogP contribution in [0.1, 0.15) is 22.3 Å². The molecule has 0 aliphatic rings. The summed E-state index contributed by atoms with van der Waals surface area (Å²) >= 11 is 0. The molecule has 0 N–H and O–H groups in total. The zero-order valence-corrected chi connectivity index (χ0v) is 21.0. The average molecular weight is 475 g/mol. The van der Waals surface area contributed by atoms with Crippen molar-refractivity contribution in [1.29, 1.82) is 0 Å². The molecule has 3 aromatic carbocycles. The van der Waals surface area contributed by atoms with Crippen LogP contribution in [0.5, 0.6) is 23.0 Å². The van der Waals surface area contributed by atoms with Crippen molar-refractivity contribution in [2.75, 3.05) is 27.4 Å². The molecule has 1 heterocycles. The van der Waals surface area contributed by atoms with Crippen LogP contribution in [0.3, 0.4) is 0 Å². The van der Waals surface area contributed by atoms with E-state index in [0.29, 0.717) is 33.8 Å². The number of fused-ring (bicyclic) bond motifs is 1. The molecular formula is C29H30O6. The van der Waals surface area contributed by atoms with Crippen molar-refractivity contribution in [3.05, 3.63) is 81.0 Å². The van der Waals surface area contributed by atoms with E-state index < -0.39 is 0 Å². The summed E-state index contributed by atoms with van der Waals surface area (Å²) in [6.45, 7) is 8.45. The molecule has 0 aliphatic heterocycles. The van der Waals surface area contributed by atoms with Gasteiger partial charge in [-0.05, 0) is 92.4 Å². The first-order valence-corrected chi connectivity index (χ1v) is 11.4. The van der Waals surface area contributed by atoms with Crippen LogP contribution in [-0.4, -0.2) is 27.4 Å². The molecule has 0 bridgehead atoms. The lowest BCUT2D eigenvalue weighted by Crippen LogP contribution is -2.15. The fourth-order valence-corrected chi connectivity index (χ4v) is 4.05. The van der Waals surface area contributed by atoms with Crippen LogP contribution in [0.2, 0.25) is 0 Å². The fourth-order valence-electron chi connectivity index (χ4n) is 4.05. The number of rotatable bonds is 8. The smallest absolute Gasteiger partial charge is 0.235 e. The molecule has 0 fully saturated rings. The number of aryl methyl sites for hydroxylation is 4. The van der Waals surface area contributed by atoms with Crippen molar-refractivity contribution >= 4 is 11.0 Å². The highest BCUT2D eigenvalue weighted by atomic mass is 16.5. The van der Waals surface area contributed by atoms with E-state index in [9.17, 15) is 4.79 Å². The Morgan fingerprint density at radius 3 is 2.09 bits per heavy atom. The minimum Gasteiger partial charge on any atom is -0.493 e. The number of methoxy groups -OCH3 is 2. The lowest BCUT2D eigenvalue weighted by atomic mass is 10.0. The van der Waals surface area contributed by atoms with Crippen molar-refractivity contribution in [2.45, 2.75) is 27.7 Å². The molecule has 0 radical (unpaired) electrons. The molecule has 0 aliphatic carbocycles. The van der Waals surface area contributed by atoms with Gasteiger partial charge < -0.3 is 23.4 Å². The monoisotopic (exact) mass is 474 g/mol. The first-order valence-electron chi connectivity index (χ1n) is 11.4. The van der Waals surface area contributed by atoms with E-state index >= 15 is 0 Å². The van der Waals surface area contributed by atoms with Gasteiger partial charge in [0.2, 0.25) is 11.2 Å². The normalized spacial score (nSPS) is 10.9. The second-order valence-corrected chi connectivity index (χ2v) is 8.61. The Morgan fingerprint density at radius 2 is 1.40 bits per heavy atom. The quantitative estimate of drug-likeness (QED) is 0.285. The molecule has 0 amide bonds. The SMILES string of the molecule is COc1ccc(-c2oc3cc(C)c(C)cc3c(=O)c2OCCOc2cc(C)cc(C)c2)cc1OC. The lowest BCUT2D eigenvalue weighted by Gasteiger charge is -2.15. The van der Waals surface area contributed by atoms with E-state index in [4.69, 9.17) is 23.4 Å². The van der Waals surface area contributed by atoms with E-state index in [1.54, 1.807) is 26.4 Å². The van der Waals surface area contributed by atoms with Crippen LogP contribution in [0.4, 0.5) is 0 Å². The van der Waals surface area contributed by atoms with E-state index in [-0.39, 0.29) is 24.4 Å². The van der Waals surface area contributed by atoms with Gasteiger partial charge in [-0.25, -0.2) is 0 Å². The summed E-state index contributed by atoms with van der Waals surface area (Å²) in [5.41, 5.74) is 5.20. The predicted octanol–water partition coefficient (Wildman–Crippen LogP) is 6.17. The van der Waals surface area contributed by atoms with Crippen LogP contribution in [0.25, 0.3) is 22.3 Å². The Kier molecular flexibility index (Phi) is 7.01. The van der Waals surface area contributed by atoms with Gasteiger partial charge in [0, 0.05) is 5.56 Å². The largest absolute Gasteiger partial charge is 0.493 e. The van der Waals surface area contributed by atoms with Crippen LogP contribution in [-0.2, 0) is 0 Å². The van der Waals surface area contributed by atoms with Crippen LogP contribution in [0, 0.1) is 27.7 Å². The number of hydrogen-bond donors (Lipinski definition) is 0. The highest BCUT2D eigenvalue weighted by Gasteiger charge is 2.20. The summed E-state index contributed by atoms with van der Waals surface area (Å²) in [5, 5.41) is 0.475. The molecule has 0 spiro atoms. The zero-order chi connectivity index (χ0) is 25.1. The van der Waals surface area contributed by atoms with E-state index in [1.807, 2.05) is 58.0 Å². The van der Waals surface area contributed by atoms with Gasteiger partial charge in [0.25, 0.3) is 0 Å². The van der Waals surface area contributed by atoms with Gasteiger partial charge in [-0.15, -0.1) is 0 Å². The van der Waals surface area contributed by atoms with Crippen LogP contribution in [0.15, 0.2) is 57.7 Å². The van der Waals surface area contributed by atoms with Gasteiger partial charge in [-0.1, -0.05) is 6.07 Å². The third-order valence-electron chi connectivity index (χ3n) is 5.90. The molecule has 6 nitrogen and oxygen atoms in total. The Labute approximate surface area is 205 Å². The molecular weight excluding hydrogens is 444 g/mol. The van der Waals surface area contributed by atoms with Crippen molar-refractivity contribution in [3.63, 3.8) is 0 Å². The lowest BCUT2D eigenvalue weighted by molar-refractivity contribution is 0.214. The molecule has 0 saturated carbocycles. The van der Waals surface area contributed by atoms with Gasteiger partial charge in [-0.2, -0.15) is 0 Å². The maximum Gasteiger partial charge on any atom is 0.235 e. The molecule has 6 heteroatoms. The molecule has 1 aromatic heterocycles. The van der Waals surface area contributed by atoms with Gasteiger partial charge in [0.05, 0.1) is 19.6 Å². The van der Waals surface area contributed by atoms with Gasteiger partial charge >= 0.3 is 0 Å². The second-order valence-electron chi connectivity index (χ2n) is 8.61. The van der Waals surface area contributed by atoms with Crippen molar-refractivity contribution in [2.24, 2.45) is 0 Å². The zero-order valence-electron chi connectivity index (χ0n) is 21.0. The summed E-state index contributed by atoms with van der Waals surface area (Å²) in [6.07, 6.45) is 0. The highest BCUT2D eigenvalue weighted by molar-refractivity contribution is 5.83. The van der Waals surface area contributed by atoms with E-state index in [1.165, 1.54) is 0 Å². The minimum atomic E-state index is -0.231. The standard InChI is InChI=1S/C29H30O6/c1-17-11-18(2)13-22(12-17)33-9-10-34-29-27(30)23-14-19(3)20(4)15-25(23)35-28(29)21-7-8-24(31-5)26(16-21)32-6/h7-8,11-16H,9-10H2,1-6H3. The van der Waals surface area contributed by atoms with Crippen molar-refractivity contribution in [3.8, 4) is 34.3 Å². The Morgan fingerprint density at radius 1 is 0.743 bits per heavy atom. The third-order valence-corrected chi connectivity index (χ3v) is 5.90. The number of hydrogen-bond acceptors (Lipinski definition) is 6. The Bertz CT molecular complexity index is 1410. The third kappa shape index (κ3) is 5.11. The Hall–Kier alpha value is -3.93. The van der Waals surface area contributed by atoms with Gasteiger partial charge in [0.15, 0.2) is 17.3 Å². The molecule has 0 saturated heterocycles. The molecule has 4 rings (SSSR count). The van der Waals surface area contributed by atoms with Crippen LogP contribution < -0.4 is 24.4 Å². The minimum absolute atomic E-state index is 0.136. The Balaban J connectivity index is 1.72. The maximum absolute atomic E-state index is 13.5. The van der Waals surface area contributed by atoms with Crippen molar-refractivity contribution in [1.82, 2.24) is 0 Å². The molecule has 182 valence electrons. The first-order chi connectivity index (χ1) is 16.8. The molecule has 0 unspecified atom stereocenters. The summed E-state index contributed by atoms with van der Waals surface area (Å²) in [6, 6.07) is 15.1. The maximum atomic E-state index is 13.5. The molecule has 0 atom stereocenters. The first kappa shape index (κ1) is 24.2. The number of benzene rings is 3. The average Bonchev–Trinajstić information content (AvgIpc) is 2.83. The molecule has 35 heavy (non-hydrogen) atoms. The van der Waals surface area contributed by atoms with Crippen LogP contribution >= 0.6 is 0 Å². The second kappa shape index (κ2) is 10.1. The fraction of sp³-hybridized carbons (Fsp3) is 0.276. The molecule has 4 aromatic rings. The van der Waals surface area contributed by atoms with E-state index in [0.717, 1.165) is 28.0 Å². The predicted molar refractivity (Wildman–Crippen MR) is 137 cm³/mol. The highest BCUT2D eigenvalue weighted by Crippen LogP contribution is 2.37. The summed E-state index contributed by atoms with van der Waals surface area (Å²) in [5.74, 6) is 2.34. The van der Waals surface area contributed by atoms with Gasteiger partial charge in [-0.3, -0.25) is 4.79 Å². The van der Waals surface area contributed by atoms with Crippen molar-refractivity contribution < 1.29 is 23.4 Å². The number of ether oxygens (including phenoxy) is 4. The summed E-state index contributed by atoms with van der Waals surface area (Å²) in [4.78, 5) is 13.5. The summed E-state index contributed by atoms with van der Waals surface area (Å²) in [7, 11) is 3.13. The topological polar surface area (TPSA) is 67.1 Å². The summed E-state index contributed by atoms with van der Waals surface area (Å²) < 4.78 is 28.9. The van der Waals surface area contributed by atoms with Gasteiger partial charge in [0.1, 0.15) is 24.5 Å².